The van der Waals surface area contributed by atoms with Crippen molar-refractivity contribution in [1.29, 1.82) is 0 Å². The van der Waals surface area contributed by atoms with Crippen molar-refractivity contribution in [3.63, 3.8) is 0 Å². The second kappa shape index (κ2) is 30.7. The van der Waals surface area contributed by atoms with E-state index in [1.165, 1.54) is 0 Å². The van der Waals surface area contributed by atoms with Crippen molar-refractivity contribution in [2.75, 3.05) is 0 Å². The number of hydrogen-bond donors (Lipinski definition) is 0. The largest absolute Gasteiger partial charge is 0.279 e. The monoisotopic (exact) mass is 127 g/mol. The summed E-state index contributed by atoms with van der Waals surface area (Å²) in [5, 5.41) is 0. The SMILES string of the molecule is O=P.[Al].[Cr]. The molecule has 0 aromatic heterocycles. The molecule has 0 amide bonds. The Morgan fingerprint density at radius 1 is 1.25 bits per heavy atom. The van der Waals surface area contributed by atoms with Crippen LogP contribution in [0, 0.1) is 0 Å². The van der Waals surface area contributed by atoms with E-state index in [1.807, 2.05) is 0 Å². The average Bonchev–Trinajstić information content (AvgIpc) is 1.00. The summed E-state index contributed by atoms with van der Waals surface area (Å²) in [5.74, 6) is 0. The molecule has 0 fully saturated rings. The molecule has 0 aliphatic heterocycles. The van der Waals surface area contributed by atoms with E-state index in [0.717, 1.165) is 0 Å². The summed E-state index contributed by atoms with van der Waals surface area (Å²) in [6.45, 7) is 0. The van der Waals surface area contributed by atoms with Crippen LogP contribution in [0.1, 0.15) is 0 Å². The first-order valence-corrected chi connectivity index (χ1v) is 0.612. The fraction of sp³-hybridized carbons (Fsp3) is 0. The summed E-state index contributed by atoms with van der Waals surface area (Å²) in [6, 6.07) is 0. The van der Waals surface area contributed by atoms with Crippen LogP contribution < -0.4 is 0 Å². The molecule has 1 nitrogen and oxygen atoms in total. The summed E-state index contributed by atoms with van der Waals surface area (Å²) in [6.07, 6.45) is 0. The van der Waals surface area contributed by atoms with E-state index in [-0.39, 0.29) is 34.7 Å². The van der Waals surface area contributed by atoms with Gasteiger partial charge in [-0.25, -0.2) is 0 Å². The van der Waals surface area contributed by atoms with E-state index in [0.29, 0.717) is 0 Å². The molecule has 0 unspecified atom stereocenters. The summed E-state index contributed by atoms with van der Waals surface area (Å²) in [7, 11) is 1.72. The normalized spacial score (nSPS) is 1.00. The van der Waals surface area contributed by atoms with Crippen LogP contribution in [-0.2, 0) is 21.9 Å². The molecule has 0 atom stereocenters. The summed E-state index contributed by atoms with van der Waals surface area (Å²) >= 11 is 0. The molecule has 21 valence electrons. The van der Waals surface area contributed by atoms with Gasteiger partial charge in [0.2, 0.25) is 0 Å². The molecule has 0 aromatic rings. The maximum Gasteiger partial charge on any atom is 0.138 e. The zero-order valence-corrected chi connectivity index (χ0v) is 5.32. The van der Waals surface area contributed by atoms with Gasteiger partial charge < -0.3 is 0 Å². The molecule has 0 aliphatic rings. The minimum atomic E-state index is 0. The van der Waals surface area contributed by atoms with Gasteiger partial charge in [-0.2, -0.15) is 0 Å². The van der Waals surface area contributed by atoms with Gasteiger partial charge in [0.25, 0.3) is 0 Å². The maximum atomic E-state index is 8.06. The van der Waals surface area contributed by atoms with Crippen LogP contribution in [-0.4, -0.2) is 17.4 Å². The maximum absolute atomic E-state index is 8.06. The third-order valence-corrected chi connectivity index (χ3v) is 0. The quantitative estimate of drug-likeness (QED) is 0.333. The molecule has 4 heavy (non-hydrogen) atoms. The van der Waals surface area contributed by atoms with E-state index in [4.69, 9.17) is 4.57 Å². The third kappa shape index (κ3) is 10.9. The van der Waals surface area contributed by atoms with Gasteiger partial charge in [-0.05, 0) is 0 Å². The first-order chi connectivity index (χ1) is 1.00. The predicted octanol–water partition coefficient (Wildman–Crippen LogP) is 0.0914. The Hall–Kier alpha value is 1.16. The molecule has 0 spiro atoms. The van der Waals surface area contributed by atoms with Crippen molar-refractivity contribution in [1.82, 2.24) is 0 Å². The predicted molar refractivity (Wildman–Crippen MR) is 14.8 cm³/mol. The van der Waals surface area contributed by atoms with Crippen molar-refractivity contribution in [3.05, 3.63) is 0 Å². The van der Waals surface area contributed by atoms with E-state index in [2.05, 4.69) is 0 Å². The fourth-order valence-corrected chi connectivity index (χ4v) is 0. The summed E-state index contributed by atoms with van der Waals surface area (Å²) in [5.41, 5.74) is 0. The molecule has 0 rings (SSSR count). The Morgan fingerprint density at radius 2 is 1.25 bits per heavy atom. The van der Waals surface area contributed by atoms with Crippen LogP contribution in [0.4, 0.5) is 0 Å². The molecule has 0 N–H and O–H groups in total. The minimum absolute atomic E-state index is 0. The first kappa shape index (κ1) is 19.1. The van der Waals surface area contributed by atoms with Gasteiger partial charge in [0.05, 0.1) is 0 Å². The second-order valence-corrected chi connectivity index (χ2v) is 0. The van der Waals surface area contributed by atoms with Crippen LogP contribution in [0.3, 0.4) is 0 Å². The average molecular weight is 127 g/mol. The number of rotatable bonds is 0. The topological polar surface area (TPSA) is 17.1 Å². The van der Waals surface area contributed by atoms with Gasteiger partial charge in [0, 0.05) is 34.7 Å². The Labute approximate surface area is 48.7 Å². The first-order valence-electron chi connectivity index (χ1n) is 0.204. The van der Waals surface area contributed by atoms with Crippen LogP contribution in [0.5, 0.6) is 0 Å². The Kier molecular flexibility index (Phi) is 147. The van der Waals surface area contributed by atoms with Crippen LogP contribution in [0.15, 0.2) is 0 Å². The van der Waals surface area contributed by atoms with E-state index >= 15 is 0 Å². The molecule has 0 aliphatic carbocycles. The molecular weight excluding hydrogens is 126 g/mol. The van der Waals surface area contributed by atoms with E-state index in [1.54, 1.807) is 9.12 Å². The van der Waals surface area contributed by atoms with Gasteiger partial charge in [0.15, 0.2) is 0 Å². The van der Waals surface area contributed by atoms with Crippen molar-refractivity contribution in [2.45, 2.75) is 0 Å². The summed E-state index contributed by atoms with van der Waals surface area (Å²) < 4.78 is 8.06. The molecule has 3 radical (unpaired) electrons. The van der Waals surface area contributed by atoms with Gasteiger partial charge in [-0.1, -0.05) is 0 Å². The molecule has 0 heterocycles. The Morgan fingerprint density at radius 3 is 1.25 bits per heavy atom. The zero-order chi connectivity index (χ0) is 2.00. The van der Waals surface area contributed by atoms with Crippen LogP contribution in [0.2, 0.25) is 0 Å². The van der Waals surface area contributed by atoms with Crippen LogP contribution >= 0.6 is 9.12 Å². The van der Waals surface area contributed by atoms with E-state index in [9.17, 15) is 0 Å². The number of hydrogen-bond acceptors (Lipinski definition) is 1. The van der Waals surface area contributed by atoms with Gasteiger partial charge in [-0.3, -0.25) is 4.57 Å². The minimum Gasteiger partial charge on any atom is -0.279 e. The van der Waals surface area contributed by atoms with Crippen molar-refractivity contribution in [3.8, 4) is 0 Å². The second-order valence-electron chi connectivity index (χ2n) is 0. The Balaban J connectivity index is -0.00000000500. The van der Waals surface area contributed by atoms with Gasteiger partial charge in [-0.15, -0.1) is 0 Å². The zero-order valence-electron chi connectivity index (χ0n) is 1.89. The van der Waals surface area contributed by atoms with Crippen molar-refractivity contribution < 1.29 is 21.9 Å². The third-order valence-electron chi connectivity index (χ3n) is 0. The summed E-state index contributed by atoms with van der Waals surface area (Å²) in [4.78, 5) is 0. The van der Waals surface area contributed by atoms with Crippen LogP contribution in [0.25, 0.3) is 0 Å². The van der Waals surface area contributed by atoms with E-state index < -0.39 is 0 Å². The molecule has 0 saturated heterocycles. The van der Waals surface area contributed by atoms with Crippen molar-refractivity contribution >= 4 is 26.5 Å². The standard InChI is InChI=1S/Al.Cr.HOP/c;;1-2/h;;2H. The van der Waals surface area contributed by atoms with Gasteiger partial charge in [0.1, 0.15) is 9.12 Å². The smallest absolute Gasteiger partial charge is 0.138 e. The molecule has 0 aromatic carbocycles. The Bertz CT molecular complexity index is 8.00. The fourth-order valence-electron chi connectivity index (χ4n) is 0. The van der Waals surface area contributed by atoms with Gasteiger partial charge >= 0.3 is 0 Å². The molecule has 0 saturated carbocycles. The van der Waals surface area contributed by atoms with Crippen molar-refractivity contribution in [2.24, 2.45) is 0 Å². The molecule has 4 heteroatoms. The molecular formula is HAlCrOP. The molecule has 0 bridgehead atoms.